The van der Waals surface area contributed by atoms with Crippen LogP contribution in [0.3, 0.4) is 0 Å². The highest BCUT2D eigenvalue weighted by molar-refractivity contribution is 6.16. The zero-order chi connectivity index (χ0) is 9.10. The van der Waals surface area contributed by atoms with E-state index in [-0.39, 0.29) is 0 Å². The smallest absolute Gasteiger partial charge is 0.151 e. The molecule has 4 heteroatoms. The molecule has 1 aromatic heterocycles. The van der Waals surface area contributed by atoms with E-state index in [4.69, 9.17) is 20.9 Å². The molecule has 0 amide bonds. The van der Waals surface area contributed by atoms with Crippen molar-refractivity contribution in [3.8, 4) is 0 Å². The zero-order valence-electron chi connectivity index (χ0n) is 7.33. The van der Waals surface area contributed by atoms with E-state index in [1.807, 2.05) is 6.07 Å². The van der Waals surface area contributed by atoms with E-state index in [9.17, 15) is 0 Å². The fraction of sp³-hybridized carbons (Fsp3) is 0.667. The van der Waals surface area contributed by atoms with Crippen LogP contribution in [-0.4, -0.2) is 18.4 Å². The maximum absolute atomic E-state index is 5.62. The van der Waals surface area contributed by atoms with Crippen molar-refractivity contribution in [1.29, 1.82) is 0 Å². The monoisotopic (exact) mass is 201 g/mol. The Labute approximate surface area is 82.0 Å². The molecule has 0 spiro atoms. The van der Waals surface area contributed by atoms with Gasteiger partial charge in [-0.3, -0.25) is 0 Å². The molecule has 0 saturated carbocycles. The van der Waals surface area contributed by atoms with Crippen LogP contribution >= 0.6 is 11.6 Å². The van der Waals surface area contributed by atoms with Gasteiger partial charge in [-0.1, -0.05) is 5.16 Å². The Morgan fingerprint density at radius 3 is 2.85 bits per heavy atom. The molecule has 0 atom stereocenters. The number of hydrogen-bond acceptors (Lipinski definition) is 3. The Balaban J connectivity index is 2.05. The second-order valence-corrected chi connectivity index (χ2v) is 3.51. The number of ether oxygens (including phenoxy) is 1. The van der Waals surface area contributed by atoms with E-state index in [1.54, 1.807) is 0 Å². The molecule has 1 aromatic rings. The van der Waals surface area contributed by atoms with Gasteiger partial charge in [0.2, 0.25) is 0 Å². The molecule has 1 aliphatic rings. The average molecular weight is 202 g/mol. The summed E-state index contributed by atoms with van der Waals surface area (Å²) in [7, 11) is 0. The molecular formula is C9H12ClNO2. The minimum atomic E-state index is 0.399. The largest absolute Gasteiger partial charge is 0.381 e. The van der Waals surface area contributed by atoms with Gasteiger partial charge in [0.15, 0.2) is 5.76 Å². The van der Waals surface area contributed by atoms with E-state index < -0.39 is 0 Å². The Morgan fingerprint density at radius 1 is 1.46 bits per heavy atom. The third kappa shape index (κ3) is 2.03. The fourth-order valence-corrected chi connectivity index (χ4v) is 1.70. The molecule has 72 valence electrons. The first-order chi connectivity index (χ1) is 6.40. The predicted octanol–water partition coefficient (Wildman–Crippen LogP) is 2.31. The normalized spacial score (nSPS) is 19.2. The van der Waals surface area contributed by atoms with E-state index in [1.165, 1.54) is 0 Å². The zero-order valence-corrected chi connectivity index (χ0v) is 8.09. The van der Waals surface area contributed by atoms with Gasteiger partial charge in [0.05, 0.1) is 11.6 Å². The van der Waals surface area contributed by atoms with Gasteiger partial charge in [-0.2, -0.15) is 0 Å². The van der Waals surface area contributed by atoms with Crippen molar-refractivity contribution in [2.75, 3.05) is 13.2 Å². The molecule has 2 heterocycles. The molecule has 0 radical (unpaired) electrons. The van der Waals surface area contributed by atoms with Gasteiger partial charge in [-0.25, -0.2) is 0 Å². The van der Waals surface area contributed by atoms with Crippen LogP contribution in [0.2, 0.25) is 0 Å². The molecule has 3 nitrogen and oxygen atoms in total. The van der Waals surface area contributed by atoms with E-state index >= 15 is 0 Å². The van der Waals surface area contributed by atoms with Crippen LogP contribution in [0.5, 0.6) is 0 Å². The maximum atomic E-state index is 5.62. The van der Waals surface area contributed by atoms with Gasteiger partial charge in [0.25, 0.3) is 0 Å². The van der Waals surface area contributed by atoms with Gasteiger partial charge in [-0.15, -0.1) is 11.6 Å². The molecule has 0 N–H and O–H groups in total. The summed E-state index contributed by atoms with van der Waals surface area (Å²) in [5, 5.41) is 4.00. The van der Waals surface area contributed by atoms with Gasteiger partial charge < -0.3 is 9.26 Å². The molecule has 1 fully saturated rings. The van der Waals surface area contributed by atoms with Crippen LogP contribution in [0.25, 0.3) is 0 Å². The summed E-state index contributed by atoms with van der Waals surface area (Å²) in [4.78, 5) is 0. The number of nitrogens with zero attached hydrogens (tertiary/aromatic N) is 1. The Hall–Kier alpha value is -0.540. The number of hydrogen-bond donors (Lipinski definition) is 0. The molecule has 0 aliphatic carbocycles. The van der Waals surface area contributed by atoms with Crippen molar-refractivity contribution >= 4 is 11.6 Å². The summed E-state index contributed by atoms with van der Waals surface area (Å²) in [6.45, 7) is 1.65. The Morgan fingerprint density at radius 2 is 2.23 bits per heavy atom. The highest BCUT2D eigenvalue weighted by atomic mass is 35.5. The minimum absolute atomic E-state index is 0.399. The van der Waals surface area contributed by atoms with Crippen LogP contribution < -0.4 is 0 Å². The van der Waals surface area contributed by atoms with Crippen molar-refractivity contribution in [2.24, 2.45) is 0 Å². The lowest BCUT2D eigenvalue weighted by molar-refractivity contribution is 0.0838. The van der Waals surface area contributed by atoms with Crippen molar-refractivity contribution in [1.82, 2.24) is 5.16 Å². The second-order valence-electron chi connectivity index (χ2n) is 3.24. The van der Waals surface area contributed by atoms with Crippen molar-refractivity contribution < 1.29 is 9.26 Å². The quantitative estimate of drug-likeness (QED) is 0.689. The predicted molar refractivity (Wildman–Crippen MR) is 48.9 cm³/mol. The number of aromatic nitrogens is 1. The third-order valence-electron chi connectivity index (χ3n) is 2.35. The molecule has 1 aliphatic heterocycles. The van der Waals surface area contributed by atoms with Gasteiger partial charge in [0.1, 0.15) is 0 Å². The summed E-state index contributed by atoms with van der Waals surface area (Å²) >= 11 is 5.62. The third-order valence-corrected chi connectivity index (χ3v) is 2.61. The lowest BCUT2D eigenvalue weighted by Crippen LogP contribution is -2.14. The lowest BCUT2D eigenvalue weighted by Gasteiger charge is -2.19. The first-order valence-electron chi connectivity index (χ1n) is 4.49. The fourth-order valence-electron chi connectivity index (χ4n) is 1.58. The van der Waals surface area contributed by atoms with Crippen LogP contribution in [-0.2, 0) is 10.6 Å². The number of rotatable bonds is 2. The Bertz CT molecular complexity index is 268. The van der Waals surface area contributed by atoms with E-state index in [0.29, 0.717) is 11.8 Å². The molecule has 0 bridgehead atoms. The standard InChI is InChI=1S/C9H12ClNO2/c10-6-8-5-9(11-13-8)7-1-3-12-4-2-7/h5,7H,1-4,6H2. The average Bonchev–Trinajstić information content (AvgIpc) is 2.67. The first kappa shape index (κ1) is 9.03. The molecular weight excluding hydrogens is 190 g/mol. The molecule has 2 rings (SSSR count). The van der Waals surface area contributed by atoms with Crippen molar-refractivity contribution in [3.05, 3.63) is 17.5 Å². The lowest BCUT2D eigenvalue weighted by atomic mass is 9.97. The van der Waals surface area contributed by atoms with Crippen LogP contribution in [0.1, 0.15) is 30.2 Å². The molecule has 0 unspecified atom stereocenters. The van der Waals surface area contributed by atoms with E-state index in [0.717, 1.165) is 37.5 Å². The Kier molecular flexibility index (Phi) is 2.86. The second kappa shape index (κ2) is 4.11. The van der Waals surface area contributed by atoms with Crippen LogP contribution in [0.15, 0.2) is 10.6 Å². The summed E-state index contributed by atoms with van der Waals surface area (Å²) in [5.74, 6) is 1.65. The first-order valence-corrected chi connectivity index (χ1v) is 5.03. The SMILES string of the molecule is ClCc1cc(C2CCOCC2)no1. The summed E-state index contributed by atoms with van der Waals surface area (Å²) in [6, 6.07) is 1.95. The molecule has 0 aromatic carbocycles. The van der Waals surface area contributed by atoms with Gasteiger partial charge >= 0.3 is 0 Å². The van der Waals surface area contributed by atoms with E-state index in [2.05, 4.69) is 5.16 Å². The number of halogens is 1. The number of alkyl halides is 1. The summed E-state index contributed by atoms with van der Waals surface area (Å²) in [5.41, 5.74) is 1.03. The van der Waals surface area contributed by atoms with Crippen LogP contribution in [0.4, 0.5) is 0 Å². The van der Waals surface area contributed by atoms with Crippen molar-refractivity contribution in [2.45, 2.75) is 24.6 Å². The molecule has 13 heavy (non-hydrogen) atoms. The topological polar surface area (TPSA) is 35.3 Å². The van der Waals surface area contributed by atoms with Crippen molar-refractivity contribution in [3.63, 3.8) is 0 Å². The highest BCUT2D eigenvalue weighted by Gasteiger charge is 2.19. The summed E-state index contributed by atoms with van der Waals surface area (Å²) < 4.78 is 10.3. The molecule has 1 saturated heterocycles. The highest BCUT2D eigenvalue weighted by Crippen LogP contribution is 2.26. The van der Waals surface area contributed by atoms with Gasteiger partial charge in [0, 0.05) is 25.2 Å². The van der Waals surface area contributed by atoms with Gasteiger partial charge in [-0.05, 0) is 12.8 Å². The minimum Gasteiger partial charge on any atom is -0.381 e. The van der Waals surface area contributed by atoms with Crippen LogP contribution in [0, 0.1) is 0 Å². The maximum Gasteiger partial charge on any atom is 0.151 e. The summed E-state index contributed by atoms with van der Waals surface area (Å²) in [6.07, 6.45) is 2.07.